The van der Waals surface area contributed by atoms with Gasteiger partial charge in [0.1, 0.15) is 11.2 Å². The van der Waals surface area contributed by atoms with E-state index in [1.807, 2.05) is 54.6 Å². The van der Waals surface area contributed by atoms with E-state index in [0.717, 1.165) is 11.1 Å². The molecule has 0 saturated heterocycles. The van der Waals surface area contributed by atoms with Crippen LogP contribution in [0.3, 0.4) is 0 Å². The number of hydrogen-bond donors (Lipinski definition) is 0. The molecule has 0 saturated carbocycles. The topological polar surface area (TPSA) is 51.8 Å². The maximum absolute atomic E-state index is 9.44. The number of hydrogen-bond acceptors (Lipinski definition) is 4. The third-order valence-electron chi connectivity index (χ3n) is 7.83. The van der Waals surface area contributed by atoms with Crippen molar-refractivity contribution in [3.63, 3.8) is 0 Å². The van der Waals surface area contributed by atoms with Crippen LogP contribution in [0.4, 0.5) is 0 Å². The summed E-state index contributed by atoms with van der Waals surface area (Å²) in [6.45, 7) is 0. The number of benzene rings is 7. The zero-order valence-electron chi connectivity index (χ0n) is 40.3. The second-order valence-electron chi connectivity index (χ2n) is 10.9. The Morgan fingerprint density at radius 2 is 0.918 bits per heavy atom. The molecule has 2 aromatic heterocycles. The minimum Gasteiger partial charge on any atom is -0.455 e. The van der Waals surface area contributed by atoms with Gasteiger partial charge in [-0.15, -0.1) is 0 Å². The standard InChI is InChI=1S/C45H29N3O/c1-3-11-30(12-4-1)31-21-25-34(26-22-31)44-46-43(33-13-5-2-6-14-33)47-45(48-44)35-27-23-32(24-28-35)36-15-9-16-37(29-36)38-18-10-19-40-39-17-7-8-20-41(39)49-42(38)40/h1-29H/i7D,8D,9D,10D,15D,16D,17D,18D,19D,20D,23D,24D,27D,28D,29D. The van der Waals surface area contributed by atoms with Crippen LogP contribution < -0.4 is 0 Å². The Morgan fingerprint density at radius 1 is 0.388 bits per heavy atom. The molecule has 0 amide bonds. The summed E-state index contributed by atoms with van der Waals surface area (Å²) in [4.78, 5) is 14.0. The van der Waals surface area contributed by atoms with Gasteiger partial charge >= 0.3 is 0 Å². The maximum atomic E-state index is 9.44. The summed E-state index contributed by atoms with van der Waals surface area (Å²) in [7, 11) is 0. The summed E-state index contributed by atoms with van der Waals surface area (Å²) >= 11 is 0. The van der Waals surface area contributed by atoms with E-state index in [4.69, 9.17) is 23.1 Å². The van der Waals surface area contributed by atoms with Crippen LogP contribution in [0.15, 0.2) is 180 Å². The van der Waals surface area contributed by atoms with Crippen LogP contribution in [0.25, 0.3) is 89.5 Å². The summed E-state index contributed by atoms with van der Waals surface area (Å²) in [5.74, 6) is 0.136. The molecule has 9 rings (SSSR count). The third-order valence-corrected chi connectivity index (χ3v) is 7.83. The second-order valence-corrected chi connectivity index (χ2v) is 10.9. The van der Waals surface area contributed by atoms with Gasteiger partial charge < -0.3 is 4.42 Å². The average Bonchev–Trinajstić information content (AvgIpc) is 3.71. The van der Waals surface area contributed by atoms with Crippen molar-refractivity contribution in [2.45, 2.75) is 0 Å². The minimum absolute atomic E-state index is 0.171. The number of aromatic nitrogens is 3. The van der Waals surface area contributed by atoms with E-state index in [1.54, 1.807) is 30.3 Å². The van der Waals surface area contributed by atoms with Gasteiger partial charge in [0.25, 0.3) is 0 Å². The smallest absolute Gasteiger partial charge is 0.164 e. The van der Waals surface area contributed by atoms with Crippen molar-refractivity contribution in [3.05, 3.63) is 176 Å². The summed E-state index contributed by atoms with van der Waals surface area (Å²) in [5, 5.41) is -0.592. The Hall–Kier alpha value is -6.65. The molecule has 4 heteroatoms. The van der Waals surface area contributed by atoms with Crippen LogP contribution in [0, 0.1) is 0 Å². The predicted molar refractivity (Wildman–Crippen MR) is 200 cm³/mol. The molecule has 0 atom stereocenters. The zero-order chi connectivity index (χ0) is 45.6. The van der Waals surface area contributed by atoms with E-state index in [9.17, 15) is 6.85 Å². The lowest BCUT2D eigenvalue weighted by Gasteiger charge is -2.10. The Balaban J connectivity index is 1.27. The van der Waals surface area contributed by atoms with Crippen molar-refractivity contribution in [3.8, 4) is 67.5 Å². The molecular weight excluding hydrogens is 599 g/mol. The first-order valence-corrected chi connectivity index (χ1v) is 15.1. The highest BCUT2D eigenvalue weighted by Crippen LogP contribution is 2.37. The normalized spacial score (nSPS) is 15.6. The van der Waals surface area contributed by atoms with Crippen molar-refractivity contribution in [1.82, 2.24) is 15.0 Å². The molecule has 0 aliphatic heterocycles. The molecule has 0 fully saturated rings. The monoisotopic (exact) mass is 642 g/mol. The Labute approximate surface area is 305 Å². The molecule has 7 aromatic carbocycles. The van der Waals surface area contributed by atoms with Crippen molar-refractivity contribution < 1.29 is 25.0 Å². The Bertz CT molecular complexity index is 3410. The van der Waals surface area contributed by atoms with Gasteiger partial charge in [0.15, 0.2) is 17.5 Å². The molecule has 230 valence electrons. The number of para-hydroxylation sites is 2. The van der Waals surface area contributed by atoms with Gasteiger partial charge in [0, 0.05) is 33.0 Å². The van der Waals surface area contributed by atoms with E-state index in [0.29, 0.717) is 11.1 Å². The van der Waals surface area contributed by atoms with Crippen LogP contribution in [0.1, 0.15) is 20.6 Å². The van der Waals surface area contributed by atoms with E-state index in [2.05, 4.69) is 9.97 Å². The van der Waals surface area contributed by atoms with Crippen molar-refractivity contribution in [1.29, 1.82) is 0 Å². The van der Waals surface area contributed by atoms with Gasteiger partial charge in [0.2, 0.25) is 0 Å². The fourth-order valence-electron chi connectivity index (χ4n) is 5.42. The van der Waals surface area contributed by atoms with E-state index in [1.165, 1.54) is 0 Å². The molecule has 2 heterocycles. The van der Waals surface area contributed by atoms with Gasteiger partial charge in [-0.3, -0.25) is 0 Å². The van der Waals surface area contributed by atoms with E-state index < -0.39 is 124 Å². The van der Waals surface area contributed by atoms with Gasteiger partial charge in [0.05, 0.1) is 20.6 Å². The van der Waals surface area contributed by atoms with Gasteiger partial charge in [-0.1, -0.05) is 163 Å². The molecule has 0 bridgehead atoms. The largest absolute Gasteiger partial charge is 0.455 e. The molecule has 0 aliphatic rings. The fraction of sp³-hybridized carbons (Fsp3) is 0. The number of rotatable bonds is 6. The second kappa shape index (κ2) is 12.2. The summed E-state index contributed by atoms with van der Waals surface area (Å²) < 4.78 is 139. The SMILES string of the molecule is [2H]c1c([2H])c(-c2c([2H])c([2H])c(-c3nc(-c4ccccc4)nc(-c4ccc(-c5ccccc5)cc4)n3)c([2H])c2[2H])c([2H])c(-c2c([2H])c([2H])c([2H])c3c2oc2c([2H])c([2H])c([2H])c([2H])c23)c1[2H]. The van der Waals surface area contributed by atoms with E-state index >= 15 is 0 Å². The molecule has 49 heavy (non-hydrogen) atoms. The van der Waals surface area contributed by atoms with Gasteiger partial charge in [-0.25, -0.2) is 15.0 Å². The quantitative estimate of drug-likeness (QED) is 0.181. The van der Waals surface area contributed by atoms with Crippen LogP contribution in [-0.4, -0.2) is 15.0 Å². The molecule has 9 aromatic rings. The van der Waals surface area contributed by atoms with Crippen LogP contribution in [-0.2, 0) is 0 Å². The third kappa shape index (κ3) is 5.45. The molecule has 0 N–H and O–H groups in total. The van der Waals surface area contributed by atoms with Crippen molar-refractivity contribution in [2.75, 3.05) is 0 Å². The van der Waals surface area contributed by atoms with E-state index in [-0.39, 0.29) is 33.8 Å². The minimum atomic E-state index is -0.843. The average molecular weight is 643 g/mol. The highest BCUT2D eigenvalue weighted by molar-refractivity contribution is 6.09. The maximum Gasteiger partial charge on any atom is 0.164 e. The van der Waals surface area contributed by atoms with Crippen LogP contribution in [0.5, 0.6) is 0 Å². The molecule has 0 radical (unpaired) electrons. The lowest BCUT2D eigenvalue weighted by Crippen LogP contribution is -2.00. The molecule has 0 spiro atoms. The fourth-order valence-corrected chi connectivity index (χ4v) is 5.42. The summed E-state index contributed by atoms with van der Waals surface area (Å²) in [5.41, 5.74) is -0.460. The van der Waals surface area contributed by atoms with Crippen LogP contribution >= 0.6 is 0 Å². The lowest BCUT2D eigenvalue weighted by molar-refractivity contribution is 0.670. The molecule has 0 unspecified atom stereocenters. The van der Waals surface area contributed by atoms with Gasteiger partial charge in [-0.05, 0) is 39.9 Å². The van der Waals surface area contributed by atoms with Gasteiger partial charge in [-0.2, -0.15) is 0 Å². The first-order valence-electron chi connectivity index (χ1n) is 22.6. The first-order chi connectivity index (χ1) is 30.5. The zero-order valence-corrected chi connectivity index (χ0v) is 25.3. The highest BCUT2D eigenvalue weighted by atomic mass is 16.3. The molecule has 4 nitrogen and oxygen atoms in total. The molecular formula is C45H29N3O. The summed E-state index contributed by atoms with van der Waals surface area (Å²) in [6, 6.07) is 15.2. The molecule has 0 aliphatic carbocycles. The number of nitrogens with zero attached hydrogens (tertiary/aromatic N) is 3. The Kier molecular flexibility index (Phi) is 4.21. The van der Waals surface area contributed by atoms with Crippen molar-refractivity contribution in [2.24, 2.45) is 0 Å². The van der Waals surface area contributed by atoms with Crippen molar-refractivity contribution >= 4 is 21.9 Å². The Morgan fingerprint density at radius 3 is 1.65 bits per heavy atom. The lowest BCUT2D eigenvalue weighted by atomic mass is 9.97. The first kappa shape index (κ1) is 17.0. The van der Waals surface area contributed by atoms with Crippen LogP contribution in [0.2, 0.25) is 0 Å². The number of furan rings is 1. The summed E-state index contributed by atoms with van der Waals surface area (Å²) in [6.07, 6.45) is 0. The highest BCUT2D eigenvalue weighted by Gasteiger charge is 2.15. The number of fused-ring (bicyclic) bond motifs is 3. The predicted octanol–water partition coefficient (Wildman–Crippen LogP) is 11.8.